The summed E-state index contributed by atoms with van der Waals surface area (Å²) in [6, 6.07) is 16.0. The van der Waals surface area contributed by atoms with Crippen LogP contribution >= 0.6 is 0 Å². The zero-order valence-electron chi connectivity index (χ0n) is 15.4. The van der Waals surface area contributed by atoms with Gasteiger partial charge in [0, 0.05) is 5.56 Å². The van der Waals surface area contributed by atoms with Gasteiger partial charge in [0.1, 0.15) is 18.4 Å². The minimum absolute atomic E-state index is 0.0242. The van der Waals surface area contributed by atoms with Crippen LogP contribution < -0.4 is 10.1 Å². The number of esters is 1. The Morgan fingerprint density at radius 2 is 1.81 bits per heavy atom. The first-order chi connectivity index (χ1) is 12.5. The molecule has 2 aromatic rings. The van der Waals surface area contributed by atoms with Crippen LogP contribution in [-0.2, 0) is 16.1 Å². The van der Waals surface area contributed by atoms with Gasteiger partial charge in [0.2, 0.25) is 0 Å². The van der Waals surface area contributed by atoms with Gasteiger partial charge >= 0.3 is 5.97 Å². The predicted octanol–water partition coefficient (Wildman–Crippen LogP) is 3.58. The fraction of sp³-hybridized carbons (Fsp3) is 0.333. The van der Waals surface area contributed by atoms with Crippen LogP contribution in [0.25, 0.3) is 0 Å². The molecule has 0 fully saturated rings. The number of carbonyl (C=O) groups excluding carboxylic acids is 2. The molecule has 138 valence electrons. The van der Waals surface area contributed by atoms with Crippen molar-refractivity contribution in [2.24, 2.45) is 5.92 Å². The van der Waals surface area contributed by atoms with Crippen molar-refractivity contribution < 1.29 is 19.1 Å². The van der Waals surface area contributed by atoms with Gasteiger partial charge in [-0.3, -0.25) is 4.79 Å². The molecule has 0 heterocycles. The SMILES string of the molecule is CC[C@H](C)[C@@H](NC(=O)c1cccc(OCc2ccccc2)c1)C(=O)OC. The van der Waals surface area contributed by atoms with E-state index in [1.165, 1.54) is 7.11 Å². The van der Waals surface area contributed by atoms with Crippen molar-refractivity contribution in [1.82, 2.24) is 5.32 Å². The zero-order valence-corrected chi connectivity index (χ0v) is 15.4. The van der Waals surface area contributed by atoms with Crippen LogP contribution in [0.3, 0.4) is 0 Å². The maximum absolute atomic E-state index is 12.5. The Balaban J connectivity index is 2.05. The van der Waals surface area contributed by atoms with Crippen LogP contribution in [0, 0.1) is 5.92 Å². The van der Waals surface area contributed by atoms with Gasteiger partial charge in [0.25, 0.3) is 5.91 Å². The molecule has 0 aliphatic heterocycles. The third-order valence-corrected chi connectivity index (χ3v) is 4.30. The molecule has 5 nitrogen and oxygen atoms in total. The molecule has 0 aromatic heterocycles. The van der Waals surface area contributed by atoms with Crippen molar-refractivity contribution in [3.63, 3.8) is 0 Å². The highest BCUT2D eigenvalue weighted by molar-refractivity contribution is 5.97. The molecule has 0 unspecified atom stereocenters. The Morgan fingerprint density at radius 3 is 2.46 bits per heavy atom. The highest BCUT2D eigenvalue weighted by Crippen LogP contribution is 2.16. The van der Waals surface area contributed by atoms with Crippen molar-refractivity contribution in [1.29, 1.82) is 0 Å². The Hall–Kier alpha value is -2.82. The van der Waals surface area contributed by atoms with Gasteiger partial charge in [-0.1, -0.05) is 56.7 Å². The highest BCUT2D eigenvalue weighted by atomic mass is 16.5. The number of rotatable bonds is 8. The van der Waals surface area contributed by atoms with E-state index in [0.29, 0.717) is 17.9 Å². The number of nitrogens with one attached hydrogen (secondary N) is 1. The molecule has 0 aliphatic rings. The van der Waals surface area contributed by atoms with Gasteiger partial charge in [-0.25, -0.2) is 4.79 Å². The first kappa shape index (κ1) is 19.5. The second-order valence-electron chi connectivity index (χ2n) is 6.16. The Morgan fingerprint density at radius 1 is 1.08 bits per heavy atom. The number of ether oxygens (including phenoxy) is 2. The molecule has 0 radical (unpaired) electrons. The third-order valence-electron chi connectivity index (χ3n) is 4.30. The summed E-state index contributed by atoms with van der Waals surface area (Å²) >= 11 is 0. The number of amides is 1. The lowest BCUT2D eigenvalue weighted by Crippen LogP contribution is -2.45. The number of hydrogen-bond acceptors (Lipinski definition) is 4. The Bertz CT molecular complexity index is 730. The lowest BCUT2D eigenvalue weighted by atomic mass is 9.99. The van der Waals surface area contributed by atoms with Gasteiger partial charge in [0.15, 0.2) is 0 Å². The Labute approximate surface area is 154 Å². The van der Waals surface area contributed by atoms with E-state index in [2.05, 4.69) is 5.32 Å². The van der Waals surface area contributed by atoms with Crippen molar-refractivity contribution in [3.05, 3.63) is 65.7 Å². The molecular formula is C21H25NO4. The summed E-state index contributed by atoms with van der Waals surface area (Å²) < 4.78 is 10.6. The Kier molecular flexibility index (Phi) is 7.21. The van der Waals surface area contributed by atoms with E-state index in [1.54, 1.807) is 24.3 Å². The average molecular weight is 355 g/mol. The molecule has 1 amide bonds. The molecule has 0 saturated carbocycles. The minimum Gasteiger partial charge on any atom is -0.489 e. The van der Waals surface area contributed by atoms with Crippen LogP contribution in [0.5, 0.6) is 5.75 Å². The molecule has 1 N–H and O–H groups in total. The average Bonchev–Trinajstić information content (AvgIpc) is 2.70. The second-order valence-corrected chi connectivity index (χ2v) is 6.16. The van der Waals surface area contributed by atoms with Gasteiger partial charge in [-0.2, -0.15) is 0 Å². The van der Waals surface area contributed by atoms with E-state index in [0.717, 1.165) is 12.0 Å². The summed E-state index contributed by atoms with van der Waals surface area (Å²) in [6.45, 7) is 4.29. The summed E-state index contributed by atoms with van der Waals surface area (Å²) in [5, 5.41) is 2.77. The van der Waals surface area contributed by atoms with Crippen molar-refractivity contribution in [3.8, 4) is 5.75 Å². The van der Waals surface area contributed by atoms with Crippen molar-refractivity contribution >= 4 is 11.9 Å². The largest absolute Gasteiger partial charge is 0.489 e. The van der Waals surface area contributed by atoms with E-state index < -0.39 is 12.0 Å². The number of hydrogen-bond donors (Lipinski definition) is 1. The smallest absolute Gasteiger partial charge is 0.328 e. The summed E-state index contributed by atoms with van der Waals surface area (Å²) in [5.41, 5.74) is 1.48. The van der Waals surface area contributed by atoms with Crippen LogP contribution in [0.4, 0.5) is 0 Å². The van der Waals surface area contributed by atoms with Gasteiger partial charge in [-0.05, 0) is 29.7 Å². The van der Waals surface area contributed by atoms with E-state index in [9.17, 15) is 9.59 Å². The maximum Gasteiger partial charge on any atom is 0.328 e. The van der Waals surface area contributed by atoms with Gasteiger partial charge < -0.3 is 14.8 Å². The van der Waals surface area contributed by atoms with E-state index in [-0.39, 0.29) is 11.8 Å². The molecular weight excluding hydrogens is 330 g/mol. The third kappa shape index (κ3) is 5.34. The van der Waals surface area contributed by atoms with E-state index in [4.69, 9.17) is 9.47 Å². The first-order valence-electron chi connectivity index (χ1n) is 8.70. The first-order valence-corrected chi connectivity index (χ1v) is 8.70. The predicted molar refractivity (Wildman–Crippen MR) is 99.9 cm³/mol. The highest BCUT2D eigenvalue weighted by Gasteiger charge is 2.27. The number of carbonyl (C=O) groups is 2. The molecule has 0 aliphatic carbocycles. The van der Waals surface area contributed by atoms with E-state index in [1.807, 2.05) is 44.2 Å². The molecule has 5 heteroatoms. The van der Waals surface area contributed by atoms with Crippen LogP contribution in [-0.4, -0.2) is 25.0 Å². The quantitative estimate of drug-likeness (QED) is 0.735. The summed E-state index contributed by atoms with van der Waals surface area (Å²) in [5.74, 6) is -0.196. The van der Waals surface area contributed by atoms with Crippen molar-refractivity contribution in [2.75, 3.05) is 7.11 Å². The molecule has 0 saturated heterocycles. The number of methoxy groups -OCH3 is 1. The summed E-state index contributed by atoms with van der Waals surface area (Å²) in [6.07, 6.45) is 0.750. The lowest BCUT2D eigenvalue weighted by Gasteiger charge is -2.22. The molecule has 26 heavy (non-hydrogen) atoms. The second kappa shape index (κ2) is 9.61. The molecule has 0 spiro atoms. The minimum atomic E-state index is -0.675. The van der Waals surface area contributed by atoms with Gasteiger partial charge in [-0.15, -0.1) is 0 Å². The fourth-order valence-corrected chi connectivity index (χ4v) is 2.49. The molecule has 2 rings (SSSR count). The van der Waals surface area contributed by atoms with Crippen molar-refractivity contribution in [2.45, 2.75) is 32.9 Å². The van der Waals surface area contributed by atoms with Gasteiger partial charge in [0.05, 0.1) is 7.11 Å². The standard InChI is InChI=1S/C21H25NO4/c1-4-15(2)19(21(24)25-3)22-20(23)17-11-8-12-18(13-17)26-14-16-9-6-5-7-10-16/h5-13,15,19H,4,14H2,1-3H3,(H,22,23)/t15-,19+/m0/s1. The van der Waals surface area contributed by atoms with Crippen LogP contribution in [0.2, 0.25) is 0 Å². The molecule has 2 aromatic carbocycles. The molecule has 0 bridgehead atoms. The maximum atomic E-state index is 12.5. The topological polar surface area (TPSA) is 64.6 Å². The van der Waals surface area contributed by atoms with Crippen LogP contribution in [0.1, 0.15) is 36.2 Å². The lowest BCUT2D eigenvalue weighted by molar-refractivity contribution is -0.144. The fourth-order valence-electron chi connectivity index (χ4n) is 2.49. The summed E-state index contributed by atoms with van der Waals surface area (Å²) in [4.78, 5) is 24.5. The zero-order chi connectivity index (χ0) is 18.9. The summed E-state index contributed by atoms with van der Waals surface area (Å²) in [7, 11) is 1.32. The number of benzene rings is 2. The van der Waals surface area contributed by atoms with E-state index >= 15 is 0 Å². The molecule has 2 atom stereocenters. The normalized spacial score (nSPS) is 12.7. The van der Waals surface area contributed by atoms with Crippen LogP contribution in [0.15, 0.2) is 54.6 Å². The monoisotopic (exact) mass is 355 g/mol.